The number of aromatic nitrogens is 3. The van der Waals surface area contributed by atoms with Crippen molar-refractivity contribution in [3.8, 4) is 11.3 Å². The number of carbonyl (C=O) groups excluding carboxylic acids is 2. The number of carbonyl (C=O) groups is 2. The number of hydrogen-bond donors (Lipinski definition) is 0. The van der Waals surface area contributed by atoms with Crippen molar-refractivity contribution in [2.45, 2.75) is 20.0 Å². The summed E-state index contributed by atoms with van der Waals surface area (Å²) in [5.41, 5.74) is 3.98. The summed E-state index contributed by atoms with van der Waals surface area (Å²) >= 11 is 12.7. The van der Waals surface area contributed by atoms with Crippen molar-refractivity contribution in [2.24, 2.45) is 7.05 Å². The van der Waals surface area contributed by atoms with Gasteiger partial charge in [-0.15, -0.1) is 0 Å². The van der Waals surface area contributed by atoms with Gasteiger partial charge in [-0.25, -0.2) is 0 Å². The van der Waals surface area contributed by atoms with Crippen molar-refractivity contribution < 1.29 is 14.3 Å². The Balaban J connectivity index is 1.82. The second-order valence-corrected chi connectivity index (χ2v) is 7.40. The third kappa shape index (κ3) is 3.21. The molecule has 0 unspecified atom stereocenters. The van der Waals surface area contributed by atoms with Crippen LogP contribution in [0, 0.1) is 0 Å². The Morgan fingerprint density at radius 1 is 1.29 bits per heavy atom. The van der Waals surface area contributed by atoms with Crippen LogP contribution in [0.15, 0.2) is 24.5 Å². The van der Waals surface area contributed by atoms with Gasteiger partial charge < -0.3 is 9.64 Å². The highest BCUT2D eigenvalue weighted by Gasteiger charge is 2.28. The zero-order chi connectivity index (χ0) is 20.0. The number of esters is 1. The first-order chi connectivity index (χ1) is 13.3. The average Bonchev–Trinajstić information content (AvgIpc) is 3.28. The maximum Gasteiger partial charge on any atom is 0.303 e. The summed E-state index contributed by atoms with van der Waals surface area (Å²) in [6.45, 7) is 1.75. The lowest BCUT2D eigenvalue weighted by Gasteiger charge is -2.15. The number of hydrogen-bond acceptors (Lipinski definition) is 5. The zero-order valence-electron chi connectivity index (χ0n) is 15.2. The van der Waals surface area contributed by atoms with Crippen LogP contribution in [0.2, 0.25) is 10.0 Å². The Bertz CT molecular complexity index is 1130. The first-order valence-electron chi connectivity index (χ1n) is 8.54. The summed E-state index contributed by atoms with van der Waals surface area (Å²) in [7, 11) is 1.83. The molecule has 3 heterocycles. The normalized spacial score (nSPS) is 13.1. The number of halogens is 2. The van der Waals surface area contributed by atoms with E-state index in [1.165, 1.54) is 6.92 Å². The van der Waals surface area contributed by atoms with Gasteiger partial charge in [-0.2, -0.15) is 5.10 Å². The number of ether oxygens (including phenoxy) is 1. The van der Waals surface area contributed by atoms with Gasteiger partial charge in [0.1, 0.15) is 0 Å². The summed E-state index contributed by atoms with van der Waals surface area (Å²) < 4.78 is 6.54. The van der Waals surface area contributed by atoms with Crippen LogP contribution in [0.3, 0.4) is 0 Å². The lowest BCUT2D eigenvalue weighted by molar-refractivity contribution is -0.150. The molecule has 1 aliphatic rings. The Kier molecular flexibility index (Phi) is 4.72. The molecule has 144 valence electrons. The smallest absolute Gasteiger partial charge is 0.303 e. The molecule has 7 nitrogen and oxygen atoms in total. The van der Waals surface area contributed by atoms with E-state index in [0.717, 1.165) is 27.8 Å². The molecular weight excluding hydrogens is 403 g/mol. The van der Waals surface area contributed by atoms with Crippen molar-refractivity contribution in [2.75, 3.05) is 6.61 Å². The molecule has 9 heteroatoms. The molecule has 4 rings (SSSR count). The maximum absolute atomic E-state index is 12.4. The first kappa shape index (κ1) is 18.7. The van der Waals surface area contributed by atoms with Crippen LogP contribution >= 0.6 is 23.2 Å². The van der Waals surface area contributed by atoms with Gasteiger partial charge in [0.25, 0.3) is 5.91 Å². The summed E-state index contributed by atoms with van der Waals surface area (Å²) in [5, 5.41) is 6.06. The van der Waals surface area contributed by atoms with Crippen LogP contribution in [0.4, 0.5) is 0 Å². The number of aryl methyl sites for hydroxylation is 1. The lowest BCUT2D eigenvalue weighted by Crippen LogP contribution is -2.29. The average molecular weight is 419 g/mol. The highest BCUT2D eigenvalue weighted by molar-refractivity contribution is 6.45. The molecule has 0 N–H and O–H groups in total. The van der Waals surface area contributed by atoms with Gasteiger partial charge in [-0.05, 0) is 23.3 Å². The van der Waals surface area contributed by atoms with E-state index in [1.54, 1.807) is 21.8 Å². The highest BCUT2D eigenvalue weighted by Crippen LogP contribution is 2.41. The minimum atomic E-state index is -0.490. The van der Waals surface area contributed by atoms with Gasteiger partial charge >= 0.3 is 5.97 Å². The Labute approximate surface area is 170 Å². The van der Waals surface area contributed by atoms with Crippen LogP contribution in [0.1, 0.15) is 18.1 Å². The Morgan fingerprint density at radius 2 is 2.07 bits per heavy atom. The van der Waals surface area contributed by atoms with Crippen molar-refractivity contribution in [1.82, 2.24) is 19.7 Å². The summed E-state index contributed by atoms with van der Waals surface area (Å²) in [4.78, 5) is 29.5. The summed E-state index contributed by atoms with van der Waals surface area (Å²) in [6, 6.07) is 3.66. The zero-order valence-corrected chi connectivity index (χ0v) is 16.7. The minimum Gasteiger partial charge on any atom is -0.456 e. The van der Waals surface area contributed by atoms with Crippen LogP contribution in [0.5, 0.6) is 0 Å². The Hall–Kier alpha value is -2.64. The molecule has 2 aromatic heterocycles. The van der Waals surface area contributed by atoms with E-state index >= 15 is 0 Å². The van der Waals surface area contributed by atoms with Crippen LogP contribution in [0.25, 0.3) is 22.2 Å². The quantitative estimate of drug-likeness (QED) is 0.609. The number of benzene rings is 1. The molecule has 0 saturated heterocycles. The molecule has 0 spiro atoms. The van der Waals surface area contributed by atoms with E-state index in [1.807, 2.05) is 19.3 Å². The largest absolute Gasteiger partial charge is 0.456 e. The van der Waals surface area contributed by atoms with E-state index in [2.05, 4.69) is 10.1 Å². The fourth-order valence-corrected chi connectivity index (χ4v) is 3.78. The van der Waals surface area contributed by atoms with Gasteiger partial charge in [0.15, 0.2) is 6.61 Å². The molecule has 1 aliphatic heterocycles. The van der Waals surface area contributed by atoms with Crippen molar-refractivity contribution in [3.63, 3.8) is 0 Å². The number of nitrogens with zero attached hydrogens (tertiary/aromatic N) is 4. The van der Waals surface area contributed by atoms with Crippen molar-refractivity contribution >= 4 is 46.0 Å². The van der Waals surface area contributed by atoms with E-state index in [4.69, 9.17) is 27.9 Å². The molecule has 3 aromatic rings. The third-order valence-electron chi connectivity index (χ3n) is 4.69. The third-order valence-corrected chi connectivity index (χ3v) is 5.46. The van der Waals surface area contributed by atoms with Crippen LogP contribution < -0.4 is 0 Å². The SMILES string of the molecule is CC(=O)OCC(=O)N1Cc2cnc3c(Cl)c(Cl)cc(-c4ccn(C)n4)c3c2C1. The molecule has 0 bridgehead atoms. The van der Waals surface area contributed by atoms with Gasteiger partial charge in [-0.3, -0.25) is 19.3 Å². The highest BCUT2D eigenvalue weighted by atomic mass is 35.5. The van der Waals surface area contributed by atoms with Crippen LogP contribution in [-0.2, 0) is 34.5 Å². The fourth-order valence-electron chi connectivity index (χ4n) is 3.38. The molecule has 0 aliphatic carbocycles. The number of amides is 1. The number of rotatable bonds is 3. The summed E-state index contributed by atoms with van der Waals surface area (Å²) in [5.74, 6) is -0.755. The molecule has 28 heavy (non-hydrogen) atoms. The predicted molar refractivity (Wildman–Crippen MR) is 105 cm³/mol. The Morgan fingerprint density at radius 3 is 2.75 bits per heavy atom. The summed E-state index contributed by atoms with van der Waals surface area (Å²) in [6.07, 6.45) is 3.55. The molecular formula is C19H16Cl2N4O3. The molecule has 0 saturated carbocycles. The second-order valence-electron chi connectivity index (χ2n) is 6.61. The fraction of sp³-hybridized carbons (Fsp3) is 0.263. The first-order valence-corrected chi connectivity index (χ1v) is 9.30. The molecule has 1 aromatic carbocycles. The maximum atomic E-state index is 12.4. The monoisotopic (exact) mass is 418 g/mol. The van der Waals surface area contributed by atoms with Gasteiger partial charge in [-0.1, -0.05) is 23.2 Å². The molecule has 0 atom stereocenters. The predicted octanol–water partition coefficient (Wildman–Crippen LogP) is 3.35. The van der Waals surface area contributed by atoms with Gasteiger partial charge in [0.2, 0.25) is 0 Å². The van der Waals surface area contributed by atoms with E-state index in [0.29, 0.717) is 28.7 Å². The van der Waals surface area contributed by atoms with Crippen molar-refractivity contribution in [1.29, 1.82) is 0 Å². The van der Waals surface area contributed by atoms with Crippen molar-refractivity contribution in [3.05, 3.63) is 45.7 Å². The molecule has 0 radical (unpaired) electrons. The minimum absolute atomic E-state index is 0.265. The van der Waals surface area contributed by atoms with Gasteiger partial charge in [0.05, 0.1) is 21.3 Å². The second kappa shape index (κ2) is 7.07. The van der Waals surface area contributed by atoms with Crippen LogP contribution in [-0.4, -0.2) is 38.1 Å². The van der Waals surface area contributed by atoms with E-state index < -0.39 is 5.97 Å². The molecule has 0 fully saturated rings. The number of fused-ring (bicyclic) bond motifs is 3. The standard InChI is InChI=1S/C19H16Cl2N4O3/c1-10(26)28-9-16(27)25-7-11-6-22-19-17(13(11)8-25)12(5-14(20)18(19)21)15-3-4-24(2)23-15/h3-6H,7-9H2,1-2H3. The number of pyridine rings is 1. The van der Waals surface area contributed by atoms with E-state index in [-0.39, 0.29) is 12.5 Å². The topological polar surface area (TPSA) is 77.3 Å². The van der Waals surface area contributed by atoms with E-state index in [9.17, 15) is 9.59 Å². The van der Waals surface area contributed by atoms with Gasteiger partial charge in [0, 0.05) is 50.4 Å². The lowest BCUT2D eigenvalue weighted by atomic mass is 9.99. The molecule has 1 amide bonds.